The van der Waals surface area contributed by atoms with Crippen molar-refractivity contribution in [2.45, 2.75) is 26.2 Å². The minimum absolute atomic E-state index is 0.0684. The number of ether oxygens (including phenoxy) is 2. The van der Waals surface area contributed by atoms with Crippen LogP contribution in [0, 0.1) is 5.92 Å². The Morgan fingerprint density at radius 1 is 1.47 bits per heavy atom. The molecule has 0 saturated heterocycles. The highest BCUT2D eigenvalue weighted by Gasteiger charge is 2.15. The smallest absolute Gasteiger partial charge is 0.332 e. The maximum absolute atomic E-state index is 10.9. The second-order valence-corrected chi connectivity index (χ2v) is 3.86. The molecule has 4 heteroatoms. The van der Waals surface area contributed by atoms with E-state index in [1.54, 1.807) is 6.92 Å². The molecule has 0 unspecified atom stereocenters. The van der Waals surface area contributed by atoms with Crippen LogP contribution in [-0.2, 0) is 14.3 Å². The molecule has 1 aliphatic rings. The van der Waals surface area contributed by atoms with Gasteiger partial charge in [0.2, 0.25) is 0 Å². The fourth-order valence-corrected chi connectivity index (χ4v) is 1.51. The van der Waals surface area contributed by atoms with E-state index in [1.807, 2.05) is 0 Å². The fourth-order valence-electron chi connectivity index (χ4n) is 1.51. The van der Waals surface area contributed by atoms with Crippen molar-refractivity contribution in [2.75, 3.05) is 32.9 Å². The average Bonchev–Trinajstić information content (AvgIpc) is 2.14. The second-order valence-electron chi connectivity index (χ2n) is 3.86. The Morgan fingerprint density at radius 2 is 2.27 bits per heavy atom. The highest BCUT2D eigenvalue weighted by atomic mass is 16.6. The van der Waals surface area contributed by atoms with E-state index >= 15 is 0 Å². The summed E-state index contributed by atoms with van der Waals surface area (Å²) < 4.78 is 9.87. The zero-order valence-electron chi connectivity index (χ0n) is 9.46. The van der Waals surface area contributed by atoms with E-state index < -0.39 is 0 Å². The van der Waals surface area contributed by atoms with Crippen LogP contribution in [0.1, 0.15) is 26.2 Å². The summed E-state index contributed by atoms with van der Waals surface area (Å²) in [5.41, 5.74) is 0. The largest absolute Gasteiger partial charge is 0.464 e. The summed E-state index contributed by atoms with van der Waals surface area (Å²) in [5, 5.41) is 3.32. The molecule has 1 rings (SSSR count). The second kappa shape index (κ2) is 7.65. The Labute approximate surface area is 91.3 Å². The number of carbonyl (C=O) groups excluding carboxylic acids is 1. The molecule has 0 aromatic rings. The van der Waals surface area contributed by atoms with Crippen LogP contribution < -0.4 is 5.32 Å². The van der Waals surface area contributed by atoms with E-state index in [9.17, 15) is 4.79 Å². The first kappa shape index (κ1) is 12.5. The van der Waals surface area contributed by atoms with Gasteiger partial charge < -0.3 is 14.8 Å². The van der Waals surface area contributed by atoms with Gasteiger partial charge in [0.05, 0.1) is 13.2 Å². The van der Waals surface area contributed by atoms with Crippen LogP contribution in [0.4, 0.5) is 0 Å². The summed E-state index contributed by atoms with van der Waals surface area (Å²) in [6, 6.07) is 0. The quantitative estimate of drug-likeness (QED) is 0.484. The highest BCUT2D eigenvalue weighted by Crippen LogP contribution is 2.24. The van der Waals surface area contributed by atoms with Crippen LogP contribution in [0.5, 0.6) is 0 Å². The summed E-state index contributed by atoms with van der Waals surface area (Å²) in [6.07, 6.45) is 4.10. The Hall–Kier alpha value is -0.610. The third-order valence-electron chi connectivity index (χ3n) is 2.61. The summed E-state index contributed by atoms with van der Waals surface area (Å²) >= 11 is 0. The molecule has 4 nitrogen and oxygen atoms in total. The standard InChI is InChI=1S/C11H21NO3/c1-2-15-11(13)9-14-7-6-12-8-10-4-3-5-10/h10,12H,2-9H2,1H3. The predicted molar refractivity (Wildman–Crippen MR) is 57.7 cm³/mol. The van der Waals surface area contributed by atoms with Gasteiger partial charge in [0.25, 0.3) is 0 Å². The molecule has 0 spiro atoms. The number of esters is 1. The number of nitrogens with one attached hydrogen (secondary N) is 1. The van der Waals surface area contributed by atoms with E-state index in [2.05, 4.69) is 5.32 Å². The van der Waals surface area contributed by atoms with E-state index in [0.717, 1.165) is 19.0 Å². The first-order chi connectivity index (χ1) is 7.33. The van der Waals surface area contributed by atoms with Gasteiger partial charge in [-0.15, -0.1) is 0 Å². The number of hydrogen-bond acceptors (Lipinski definition) is 4. The predicted octanol–water partition coefficient (Wildman–Crippen LogP) is 0.956. The first-order valence-corrected chi connectivity index (χ1v) is 5.77. The van der Waals surface area contributed by atoms with Gasteiger partial charge in [-0.25, -0.2) is 4.79 Å². The molecule has 0 aliphatic heterocycles. The van der Waals surface area contributed by atoms with Crippen molar-refractivity contribution in [1.82, 2.24) is 5.32 Å². The topological polar surface area (TPSA) is 47.6 Å². The molecule has 88 valence electrons. The van der Waals surface area contributed by atoms with Gasteiger partial charge >= 0.3 is 5.97 Å². The third kappa shape index (κ3) is 5.74. The van der Waals surface area contributed by atoms with Crippen molar-refractivity contribution < 1.29 is 14.3 Å². The summed E-state index contributed by atoms with van der Waals surface area (Å²) in [5.74, 6) is 0.589. The maximum Gasteiger partial charge on any atom is 0.332 e. The Kier molecular flexibility index (Phi) is 6.36. The molecule has 0 bridgehead atoms. The van der Waals surface area contributed by atoms with E-state index in [4.69, 9.17) is 9.47 Å². The van der Waals surface area contributed by atoms with E-state index in [1.165, 1.54) is 19.3 Å². The van der Waals surface area contributed by atoms with Crippen molar-refractivity contribution in [3.8, 4) is 0 Å². The number of carbonyl (C=O) groups is 1. The Morgan fingerprint density at radius 3 is 2.87 bits per heavy atom. The van der Waals surface area contributed by atoms with Gasteiger partial charge in [-0.1, -0.05) is 6.42 Å². The molecule has 0 amide bonds. The molecule has 1 N–H and O–H groups in total. The van der Waals surface area contributed by atoms with Crippen molar-refractivity contribution in [3.63, 3.8) is 0 Å². The number of hydrogen-bond donors (Lipinski definition) is 1. The van der Waals surface area contributed by atoms with E-state index in [-0.39, 0.29) is 12.6 Å². The minimum atomic E-state index is -0.281. The lowest BCUT2D eigenvalue weighted by molar-refractivity contribution is -0.148. The third-order valence-corrected chi connectivity index (χ3v) is 2.61. The molecule has 0 atom stereocenters. The SMILES string of the molecule is CCOC(=O)COCCNCC1CCC1. The first-order valence-electron chi connectivity index (χ1n) is 5.77. The molecule has 1 saturated carbocycles. The average molecular weight is 215 g/mol. The van der Waals surface area contributed by atoms with Gasteiger partial charge in [-0.2, -0.15) is 0 Å². The molecule has 0 radical (unpaired) electrons. The summed E-state index contributed by atoms with van der Waals surface area (Å²) in [4.78, 5) is 10.9. The molecule has 1 aliphatic carbocycles. The van der Waals surface area contributed by atoms with Crippen LogP contribution >= 0.6 is 0 Å². The zero-order valence-corrected chi connectivity index (χ0v) is 9.46. The van der Waals surface area contributed by atoms with E-state index in [0.29, 0.717) is 13.2 Å². The lowest BCUT2D eigenvalue weighted by Gasteiger charge is -2.25. The zero-order chi connectivity index (χ0) is 10.9. The van der Waals surface area contributed by atoms with Crippen LogP contribution in [0.15, 0.2) is 0 Å². The molecule has 0 aromatic heterocycles. The van der Waals surface area contributed by atoms with Gasteiger partial charge in [0.15, 0.2) is 0 Å². The molecule has 0 aromatic carbocycles. The summed E-state index contributed by atoms with van der Waals surface area (Å²) in [6.45, 7) is 4.75. The fraction of sp³-hybridized carbons (Fsp3) is 0.909. The normalized spacial score (nSPS) is 16.1. The monoisotopic (exact) mass is 215 g/mol. The van der Waals surface area contributed by atoms with Gasteiger partial charge in [0.1, 0.15) is 6.61 Å². The Balaban J connectivity index is 1.78. The maximum atomic E-state index is 10.9. The molecule has 0 heterocycles. The Bertz CT molecular complexity index is 181. The summed E-state index contributed by atoms with van der Waals surface area (Å²) in [7, 11) is 0. The van der Waals surface area contributed by atoms with Crippen molar-refractivity contribution in [2.24, 2.45) is 5.92 Å². The lowest BCUT2D eigenvalue weighted by Crippen LogP contribution is -2.30. The highest BCUT2D eigenvalue weighted by molar-refractivity contribution is 5.70. The van der Waals surface area contributed by atoms with Gasteiger partial charge in [-0.05, 0) is 32.2 Å². The van der Waals surface area contributed by atoms with Crippen molar-refractivity contribution in [1.29, 1.82) is 0 Å². The molecular weight excluding hydrogens is 194 g/mol. The van der Waals surface area contributed by atoms with Gasteiger partial charge in [0, 0.05) is 6.54 Å². The van der Waals surface area contributed by atoms with Crippen molar-refractivity contribution in [3.05, 3.63) is 0 Å². The van der Waals surface area contributed by atoms with Crippen LogP contribution in [0.25, 0.3) is 0 Å². The van der Waals surface area contributed by atoms with Crippen LogP contribution in [-0.4, -0.2) is 38.9 Å². The molecule has 15 heavy (non-hydrogen) atoms. The molecular formula is C11H21NO3. The van der Waals surface area contributed by atoms with Crippen LogP contribution in [0.3, 0.4) is 0 Å². The van der Waals surface area contributed by atoms with Crippen molar-refractivity contribution >= 4 is 5.97 Å². The van der Waals surface area contributed by atoms with Crippen LogP contribution in [0.2, 0.25) is 0 Å². The van der Waals surface area contributed by atoms with Gasteiger partial charge in [-0.3, -0.25) is 0 Å². The number of rotatable bonds is 8. The minimum Gasteiger partial charge on any atom is -0.464 e. The lowest BCUT2D eigenvalue weighted by atomic mass is 9.85. The molecule has 1 fully saturated rings.